The fraction of sp³-hybridized carbons (Fsp3) is 0.429. The van der Waals surface area contributed by atoms with Gasteiger partial charge in [-0.3, -0.25) is 0 Å². The predicted molar refractivity (Wildman–Crippen MR) is 79.3 cm³/mol. The zero-order chi connectivity index (χ0) is 15.5. The lowest BCUT2D eigenvalue weighted by atomic mass is 9.96. The number of hydrogen-bond acceptors (Lipinski definition) is 3. The number of halogens is 1. The molecule has 0 saturated carbocycles. The Labute approximate surface area is 128 Å². The maximum absolute atomic E-state index is 12.0. The second kappa shape index (κ2) is 6.32. The van der Waals surface area contributed by atoms with Crippen LogP contribution in [0, 0.1) is 0 Å². The Morgan fingerprint density at radius 1 is 1.57 bits per heavy atom. The summed E-state index contributed by atoms with van der Waals surface area (Å²) in [7, 11) is 1.57. The zero-order valence-electron chi connectivity index (χ0n) is 12.0. The maximum atomic E-state index is 12.0. The first-order valence-corrected chi connectivity index (χ1v) is 6.98. The van der Waals surface area contributed by atoms with E-state index in [9.17, 15) is 9.59 Å². The quantitative estimate of drug-likeness (QED) is 0.892. The van der Waals surface area contributed by atoms with Crippen molar-refractivity contribution >= 4 is 23.7 Å². The molecule has 2 rings (SSSR count). The normalized spacial score (nSPS) is 17.3. The lowest BCUT2D eigenvalue weighted by molar-refractivity contribution is 0.00432. The van der Waals surface area contributed by atoms with E-state index >= 15 is 0 Å². The van der Waals surface area contributed by atoms with E-state index in [0.29, 0.717) is 18.1 Å². The summed E-state index contributed by atoms with van der Waals surface area (Å²) in [4.78, 5) is 24.6. The molecule has 1 aliphatic rings. The number of benzene rings is 1. The fourth-order valence-electron chi connectivity index (χ4n) is 2.11. The number of nitrogens with one attached hydrogen (secondary N) is 2. The van der Waals surface area contributed by atoms with Crippen LogP contribution >= 0.6 is 11.6 Å². The maximum Gasteiger partial charge on any atom is 0.325 e. The van der Waals surface area contributed by atoms with Crippen molar-refractivity contribution in [3.8, 4) is 0 Å². The first kappa shape index (κ1) is 15.6. The Morgan fingerprint density at radius 3 is 2.90 bits per heavy atom. The number of amides is 4. The molecule has 1 aromatic carbocycles. The van der Waals surface area contributed by atoms with Gasteiger partial charge in [-0.25, -0.2) is 14.5 Å². The van der Waals surface area contributed by atoms with Gasteiger partial charge in [-0.1, -0.05) is 23.7 Å². The number of nitrogens with zero attached hydrogens (tertiary/aromatic N) is 1. The number of rotatable bonds is 4. The highest BCUT2D eigenvalue weighted by Gasteiger charge is 2.31. The number of methoxy groups -OCH3 is 1. The predicted octanol–water partition coefficient (Wildman–Crippen LogP) is 1.94. The summed E-state index contributed by atoms with van der Waals surface area (Å²) in [6.07, 6.45) is 0. The molecule has 1 unspecified atom stereocenters. The smallest absolute Gasteiger partial charge is 0.325 e. The van der Waals surface area contributed by atoms with Crippen molar-refractivity contribution in [3.63, 3.8) is 0 Å². The van der Waals surface area contributed by atoms with Crippen molar-refractivity contribution in [2.45, 2.75) is 12.5 Å². The first-order chi connectivity index (χ1) is 9.96. The van der Waals surface area contributed by atoms with Gasteiger partial charge in [0.25, 0.3) is 0 Å². The van der Waals surface area contributed by atoms with E-state index in [-0.39, 0.29) is 12.6 Å². The molecule has 0 spiro atoms. The van der Waals surface area contributed by atoms with Crippen molar-refractivity contribution in [3.05, 3.63) is 34.9 Å². The highest BCUT2D eigenvalue weighted by Crippen LogP contribution is 2.26. The van der Waals surface area contributed by atoms with Gasteiger partial charge in [0.2, 0.25) is 0 Å². The van der Waals surface area contributed by atoms with Crippen LogP contribution in [0.25, 0.3) is 0 Å². The van der Waals surface area contributed by atoms with Crippen LogP contribution < -0.4 is 10.6 Å². The van der Waals surface area contributed by atoms with Crippen molar-refractivity contribution in [1.82, 2.24) is 15.5 Å². The number of carbonyl (C=O) groups is 2. The van der Waals surface area contributed by atoms with Crippen LogP contribution in [0.4, 0.5) is 9.59 Å². The van der Waals surface area contributed by atoms with E-state index in [2.05, 4.69) is 10.6 Å². The molecule has 0 aliphatic carbocycles. The van der Waals surface area contributed by atoms with E-state index < -0.39 is 11.6 Å². The third-order valence-electron chi connectivity index (χ3n) is 3.56. The van der Waals surface area contributed by atoms with E-state index in [1.165, 1.54) is 0 Å². The monoisotopic (exact) mass is 311 g/mol. The third-order valence-corrected chi connectivity index (χ3v) is 3.80. The lowest BCUT2D eigenvalue weighted by Crippen LogP contribution is -2.47. The van der Waals surface area contributed by atoms with Crippen LogP contribution in [0.1, 0.15) is 12.5 Å². The molecule has 1 heterocycles. The third kappa shape index (κ3) is 3.46. The molecule has 2 N–H and O–H groups in total. The minimum atomic E-state index is -0.725. The van der Waals surface area contributed by atoms with Crippen LogP contribution in [-0.2, 0) is 10.3 Å². The summed E-state index contributed by atoms with van der Waals surface area (Å²) in [5.41, 5.74) is 0.125. The Kier molecular flexibility index (Phi) is 4.69. The average Bonchev–Trinajstić information content (AvgIpc) is 2.90. The van der Waals surface area contributed by atoms with Crippen LogP contribution in [0.15, 0.2) is 24.3 Å². The molecule has 4 amide bonds. The first-order valence-electron chi connectivity index (χ1n) is 6.61. The highest BCUT2D eigenvalue weighted by atomic mass is 35.5. The van der Waals surface area contributed by atoms with Gasteiger partial charge in [0, 0.05) is 25.2 Å². The van der Waals surface area contributed by atoms with Gasteiger partial charge in [0.05, 0.1) is 6.54 Å². The average molecular weight is 312 g/mol. The van der Waals surface area contributed by atoms with Gasteiger partial charge >= 0.3 is 12.1 Å². The molecule has 0 aromatic heterocycles. The van der Waals surface area contributed by atoms with E-state index in [0.717, 1.165) is 10.5 Å². The molecule has 1 aliphatic heterocycles. The van der Waals surface area contributed by atoms with Gasteiger partial charge < -0.3 is 15.4 Å². The summed E-state index contributed by atoms with van der Waals surface area (Å²) < 4.78 is 5.53. The Bertz CT molecular complexity index is 552. The van der Waals surface area contributed by atoms with E-state index in [1.807, 2.05) is 19.1 Å². The summed E-state index contributed by atoms with van der Waals surface area (Å²) in [6.45, 7) is 2.92. The highest BCUT2D eigenvalue weighted by molar-refractivity contribution is 6.30. The summed E-state index contributed by atoms with van der Waals surface area (Å²) >= 11 is 5.99. The standard InChI is InChI=1S/C14H18ClN3O3/c1-14(21-2,10-4-3-5-11(15)8-10)9-17-13(20)18-7-6-16-12(18)19/h3-5,8H,6-7,9H2,1-2H3,(H,16,19)(H,17,20). The van der Waals surface area contributed by atoms with Gasteiger partial charge in [0.15, 0.2) is 0 Å². The second-order valence-electron chi connectivity index (χ2n) is 4.99. The molecule has 6 nitrogen and oxygen atoms in total. The Morgan fingerprint density at radius 2 is 2.33 bits per heavy atom. The van der Waals surface area contributed by atoms with Crippen molar-refractivity contribution in [2.75, 3.05) is 26.7 Å². The van der Waals surface area contributed by atoms with Crippen molar-refractivity contribution < 1.29 is 14.3 Å². The number of urea groups is 2. The topological polar surface area (TPSA) is 70.7 Å². The molecule has 21 heavy (non-hydrogen) atoms. The molecule has 1 saturated heterocycles. The largest absolute Gasteiger partial charge is 0.372 e. The van der Waals surface area contributed by atoms with Gasteiger partial charge in [-0.15, -0.1) is 0 Å². The lowest BCUT2D eigenvalue weighted by Gasteiger charge is -2.29. The Hall–Kier alpha value is -1.79. The van der Waals surface area contributed by atoms with Crippen LogP contribution in [0.5, 0.6) is 0 Å². The molecule has 114 valence electrons. The van der Waals surface area contributed by atoms with Gasteiger partial charge in [-0.05, 0) is 24.6 Å². The van der Waals surface area contributed by atoms with E-state index in [1.54, 1.807) is 19.2 Å². The molecule has 1 atom stereocenters. The summed E-state index contributed by atoms with van der Waals surface area (Å²) in [6, 6.07) is 6.45. The SMILES string of the molecule is COC(C)(CNC(=O)N1CCNC1=O)c1cccc(Cl)c1. The van der Waals surface area contributed by atoms with E-state index in [4.69, 9.17) is 16.3 Å². The minimum absolute atomic E-state index is 0.229. The summed E-state index contributed by atoms with van der Waals surface area (Å²) in [5.74, 6) is 0. The molecule has 0 bridgehead atoms. The molecule has 1 fully saturated rings. The molecule has 0 radical (unpaired) electrons. The second-order valence-corrected chi connectivity index (χ2v) is 5.42. The van der Waals surface area contributed by atoms with Gasteiger partial charge in [-0.2, -0.15) is 0 Å². The van der Waals surface area contributed by atoms with Crippen LogP contribution in [0.3, 0.4) is 0 Å². The zero-order valence-corrected chi connectivity index (χ0v) is 12.7. The van der Waals surface area contributed by atoms with Crippen LogP contribution in [-0.4, -0.2) is 43.7 Å². The van der Waals surface area contributed by atoms with Crippen LogP contribution in [0.2, 0.25) is 5.02 Å². The van der Waals surface area contributed by atoms with Crippen molar-refractivity contribution in [2.24, 2.45) is 0 Å². The number of hydrogen-bond donors (Lipinski definition) is 2. The molecule has 1 aromatic rings. The van der Waals surface area contributed by atoms with Gasteiger partial charge in [0.1, 0.15) is 5.60 Å². The fourth-order valence-corrected chi connectivity index (χ4v) is 2.30. The van der Waals surface area contributed by atoms with Crippen molar-refractivity contribution in [1.29, 1.82) is 0 Å². The molecule has 7 heteroatoms. The number of carbonyl (C=O) groups excluding carboxylic acids is 2. The Balaban J connectivity index is 2.05. The number of imide groups is 1. The molecular weight excluding hydrogens is 294 g/mol. The number of ether oxygens (including phenoxy) is 1. The minimum Gasteiger partial charge on any atom is -0.372 e. The molecular formula is C14H18ClN3O3. The summed E-state index contributed by atoms with van der Waals surface area (Å²) in [5, 5.41) is 5.90.